The van der Waals surface area contributed by atoms with Gasteiger partial charge in [-0.05, 0) is 5.56 Å². The number of imidazole rings is 1. The fraction of sp³-hybridized carbons (Fsp3) is 0.0833. The van der Waals surface area contributed by atoms with Crippen LogP contribution in [0.25, 0.3) is 6.20 Å². The van der Waals surface area contributed by atoms with E-state index in [-0.39, 0.29) is 0 Å². The summed E-state index contributed by atoms with van der Waals surface area (Å²) in [5.41, 5.74) is 1.27. The zero-order valence-electron chi connectivity index (χ0n) is 7.93. The highest BCUT2D eigenvalue weighted by atomic mass is 15.0. The summed E-state index contributed by atoms with van der Waals surface area (Å²) in [7, 11) is 0. The van der Waals surface area contributed by atoms with Crippen molar-refractivity contribution in [3.05, 3.63) is 60.7 Å². The number of benzene rings is 1. The van der Waals surface area contributed by atoms with Crippen molar-refractivity contribution < 1.29 is 0 Å². The monoisotopic (exact) mass is 184 g/mol. The van der Waals surface area contributed by atoms with Crippen LogP contribution in [0, 0.1) is 0 Å². The van der Waals surface area contributed by atoms with Gasteiger partial charge in [0.15, 0.2) is 0 Å². The van der Waals surface area contributed by atoms with Gasteiger partial charge in [0.05, 0.1) is 0 Å². The molecule has 14 heavy (non-hydrogen) atoms. The van der Waals surface area contributed by atoms with Gasteiger partial charge in [-0.3, -0.25) is 0 Å². The zero-order valence-corrected chi connectivity index (χ0v) is 7.93. The minimum Gasteiger partial charge on any atom is -0.311 e. The fourth-order valence-electron chi connectivity index (χ4n) is 1.43. The van der Waals surface area contributed by atoms with Gasteiger partial charge in [-0.2, -0.15) is 0 Å². The average Bonchev–Trinajstić information content (AvgIpc) is 2.67. The third-order valence-electron chi connectivity index (χ3n) is 2.15. The second-order valence-electron chi connectivity index (χ2n) is 3.10. The van der Waals surface area contributed by atoms with E-state index in [9.17, 15) is 0 Å². The predicted molar refractivity (Wildman–Crippen MR) is 57.9 cm³/mol. The van der Waals surface area contributed by atoms with Crippen molar-refractivity contribution in [3.63, 3.8) is 0 Å². The van der Waals surface area contributed by atoms with Crippen LogP contribution in [0.1, 0.15) is 11.4 Å². The maximum absolute atomic E-state index is 4.27. The van der Waals surface area contributed by atoms with Gasteiger partial charge in [0.25, 0.3) is 0 Å². The minimum atomic E-state index is 0.847. The highest BCUT2D eigenvalue weighted by Crippen LogP contribution is 2.07. The SMILES string of the molecule is C=Cn1ccnc1Cc1ccccc1. The van der Waals surface area contributed by atoms with Gasteiger partial charge in [0, 0.05) is 25.0 Å². The summed E-state index contributed by atoms with van der Waals surface area (Å²) in [5.74, 6) is 1.02. The Hall–Kier alpha value is -1.83. The van der Waals surface area contributed by atoms with E-state index in [0.29, 0.717) is 0 Å². The molecule has 0 unspecified atom stereocenters. The fourth-order valence-corrected chi connectivity index (χ4v) is 1.43. The molecule has 0 bridgehead atoms. The molecule has 0 saturated heterocycles. The molecular weight excluding hydrogens is 172 g/mol. The second kappa shape index (κ2) is 3.92. The molecule has 0 spiro atoms. The summed E-state index contributed by atoms with van der Waals surface area (Å²) in [6, 6.07) is 10.3. The molecule has 0 atom stereocenters. The van der Waals surface area contributed by atoms with Crippen molar-refractivity contribution in [1.29, 1.82) is 0 Å². The molecule has 1 aromatic heterocycles. The van der Waals surface area contributed by atoms with Gasteiger partial charge in [0.2, 0.25) is 0 Å². The van der Waals surface area contributed by atoms with Crippen molar-refractivity contribution >= 4 is 6.20 Å². The first kappa shape index (κ1) is 8.75. The van der Waals surface area contributed by atoms with Crippen molar-refractivity contribution in [2.45, 2.75) is 6.42 Å². The Kier molecular flexibility index (Phi) is 2.45. The van der Waals surface area contributed by atoms with E-state index in [1.807, 2.05) is 29.0 Å². The number of hydrogen-bond donors (Lipinski definition) is 0. The molecule has 0 N–H and O–H groups in total. The Morgan fingerprint density at radius 1 is 1.29 bits per heavy atom. The van der Waals surface area contributed by atoms with Gasteiger partial charge in [-0.1, -0.05) is 36.9 Å². The number of nitrogens with zero attached hydrogens (tertiary/aromatic N) is 2. The summed E-state index contributed by atoms with van der Waals surface area (Å²) in [4.78, 5) is 4.27. The van der Waals surface area contributed by atoms with Crippen LogP contribution in [-0.2, 0) is 6.42 Å². The Bertz CT molecular complexity index is 415. The van der Waals surface area contributed by atoms with Crippen LogP contribution in [0.15, 0.2) is 49.3 Å². The van der Waals surface area contributed by atoms with Crippen molar-refractivity contribution in [2.24, 2.45) is 0 Å². The number of aromatic nitrogens is 2. The molecule has 0 radical (unpaired) electrons. The lowest BCUT2D eigenvalue weighted by molar-refractivity contribution is 0.952. The largest absolute Gasteiger partial charge is 0.311 e. The Morgan fingerprint density at radius 3 is 2.79 bits per heavy atom. The van der Waals surface area contributed by atoms with E-state index in [1.54, 1.807) is 12.4 Å². The molecule has 0 saturated carbocycles. The Labute approximate surface area is 83.5 Å². The van der Waals surface area contributed by atoms with Crippen LogP contribution in [0.2, 0.25) is 0 Å². The van der Waals surface area contributed by atoms with Gasteiger partial charge < -0.3 is 4.57 Å². The Balaban J connectivity index is 2.23. The molecule has 0 aliphatic rings. The van der Waals surface area contributed by atoms with Crippen molar-refractivity contribution in [3.8, 4) is 0 Å². The quantitative estimate of drug-likeness (QED) is 0.716. The van der Waals surface area contributed by atoms with Crippen LogP contribution in [0.4, 0.5) is 0 Å². The predicted octanol–water partition coefficient (Wildman–Crippen LogP) is 2.57. The second-order valence-corrected chi connectivity index (χ2v) is 3.10. The molecule has 2 aromatic rings. The molecule has 1 heterocycles. The van der Waals surface area contributed by atoms with E-state index >= 15 is 0 Å². The van der Waals surface area contributed by atoms with Crippen molar-refractivity contribution in [1.82, 2.24) is 9.55 Å². The first-order valence-electron chi connectivity index (χ1n) is 4.58. The summed E-state index contributed by atoms with van der Waals surface area (Å²) in [6.07, 6.45) is 6.32. The zero-order chi connectivity index (χ0) is 9.80. The van der Waals surface area contributed by atoms with E-state index in [0.717, 1.165) is 12.2 Å². The topological polar surface area (TPSA) is 17.8 Å². The highest BCUT2D eigenvalue weighted by Gasteiger charge is 2.00. The standard InChI is InChI=1S/C12H12N2/c1-2-14-9-8-13-12(14)10-11-6-4-3-5-7-11/h2-9H,1,10H2. The molecule has 2 rings (SSSR count). The van der Waals surface area contributed by atoms with Crippen LogP contribution >= 0.6 is 0 Å². The van der Waals surface area contributed by atoms with Crippen LogP contribution in [0.3, 0.4) is 0 Å². The lowest BCUT2D eigenvalue weighted by atomic mass is 10.1. The minimum absolute atomic E-state index is 0.847. The molecule has 0 fully saturated rings. The maximum atomic E-state index is 4.27. The lowest BCUT2D eigenvalue weighted by Gasteiger charge is -2.01. The first-order valence-corrected chi connectivity index (χ1v) is 4.58. The molecule has 1 aromatic carbocycles. The molecule has 2 heteroatoms. The average molecular weight is 184 g/mol. The third-order valence-corrected chi connectivity index (χ3v) is 2.15. The van der Waals surface area contributed by atoms with E-state index in [2.05, 4.69) is 23.7 Å². The summed E-state index contributed by atoms with van der Waals surface area (Å²) in [5, 5.41) is 0. The van der Waals surface area contributed by atoms with Gasteiger partial charge in [0.1, 0.15) is 5.82 Å². The van der Waals surface area contributed by atoms with Crippen LogP contribution < -0.4 is 0 Å². The first-order chi connectivity index (χ1) is 6.90. The number of hydrogen-bond acceptors (Lipinski definition) is 1. The van der Waals surface area contributed by atoms with E-state index in [4.69, 9.17) is 0 Å². The molecule has 0 amide bonds. The summed E-state index contributed by atoms with van der Waals surface area (Å²) >= 11 is 0. The van der Waals surface area contributed by atoms with Crippen LogP contribution in [-0.4, -0.2) is 9.55 Å². The van der Waals surface area contributed by atoms with Crippen LogP contribution in [0.5, 0.6) is 0 Å². The Morgan fingerprint density at radius 2 is 2.07 bits per heavy atom. The normalized spacial score (nSPS) is 10.0. The summed E-state index contributed by atoms with van der Waals surface area (Å²) in [6.45, 7) is 3.73. The van der Waals surface area contributed by atoms with E-state index < -0.39 is 0 Å². The smallest absolute Gasteiger partial charge is 0.117 e. The van der Waals surface area contributed by atoms with Crippen molar-refractivity contribution in [2.75, 3.05) is 0 Å². The number of rotatable bonds is 3. The van der Waals surface area contributed by atoms with Gasteiger partial charge in [-0.15, -0.1) is 0 Å². The van der Waals surface area contributed by atoms with E-state index in [1.165, 1.54) is 5.56 Å². The summed E-state index contributed by atoms with van der Waals surface area (Å²) < 4.78 is 1.94. The maximum Gasteiger partial charge on any atom is 0.117 e. The molecule has 2 nitrogen and oxygen atoms in total. The molecular formula is C12H12N2. The molecule has 70 valence electrons. The lowest BCUT2D eigenvalue weighted by Crippen LogP contribution is -1.96. The van der Waals surface area contributed by atoms with Gasteiger partial charge in [-0.25, -0.2) is 4.98 Å². The molecule has 0 aliphatic carbocycles. The van der Waals surface area contributed by atoms with Gasteiger partial charge >= 0.3 is 0 Å². The highest BCUT2D eigenvalue weighted by molar-refractivity contribution is 5.25. The molecule has 0 aliphatic heterocycles. The third kappa shape index (κ3) is 1.74.